The highest BCUT2D eigenvalue weighted by atomic mass is 35.5. The van der Waals surface area contributed by atoms with Gasteiger partial charge in [-0.05, 0) is 24.3 Å². The lowest BCUT2D eigenvalue weighted by Gasteiger charge is -2.10. The lowest BCUT2D eigenvalue weighted by molar-refractivity contribution is 0.102. The molecule has 2 N–H and O–H groups in total. The van der Waals surface area contributed by atoms with Gasteiger partial charge >= 0.3 is 0 Å². The average Bonchev–Trinajstić information content (AvgIpc) is 2.66. The number of para-hydroxylation sites is 1. The Morgan fingerprint density at radius 2 is 1.81 bits per heavy atom. The Morgan fingerprint density at radius 3 is 2.62 bits per heavy atom. The highest BCUT2D eigenvalue weighted by molar-refractivity contribution is 6.44. The van der Waals surface area contributed by atoms with E-state index >= 15 is 0 Å². The zero-order valence-corrected chi connectivity index (χ0v) is 14.7. The summed E-state index contributed by atoms with van der Waals surface area (Å²) in [6.45, 7) is 0. The fraction of sp³-hybridized carbons (Fsp3) is 0. The Labute approximate surface area is 159 Å². The van der Waals surface area contributed by atoms with Crippen molar-refractivity contribution >= 4 is 46.3 Å². The maximum atomic E-state index is 12.4. The molecule has 0 aliphatic rings. The number of carbonyl (C=O) groups excluding carboxylic acids is 1. The second kappa shape index (κ2) is 7.83. The maximum Gasteiger partial charge on any atom is 0.274 e. The third-order valence-electron chi connectivity index (χ3n) is 3.41. The minimum absolute atomic E-state index is 0.132. The summed E-state index contributed by atoms with van der Waals surface area (Å²) in [6.07, 6.45) is 1.26. The van der Waals surface area contributed by atoms with Crippen LogP contribution in [0.1, 0.15) is 16.1 Å². The molecule has 128 valence electrons. The Morgan fingerprint density at radius 1 is 1.04 bits per heavy atom. The second-order valence-electron chi connectivity index (χ2n) is 5.13. The molecule has 0 spiro atoms. The first kappa shape index (κ1) is 17.7. The Balaban J connectivity index is 1.82. The molecule has 3 aromatic rings. The number of rotatable bonds is 4. The highest BCUT2D eigenvalue weighted by Crippen LogP contribution is 2.29. The summed E-state index contributed by atoms with van der Waals surface area (Å²) in [6, 6.07) is 15.5. The fourth-order valence-corrected chi connectivity index (χ4v) is 2.51. The number of halogens is 2. The predicted octanol–water partition coefficient (Wildman–Crippen LogP) is 4.65. The molecule has 0 aliphatic heterocycles. The van der Waals surface area contributed by atoms with Gasteiger partial charge in [0, 0.05) is 6.07 Å². The van der Waals surface area contributed by atoms with Crippen molar-refractivity contribution in [1.82, 2.24) is 9.97 Å². The van der Waals surface area contributed by atoms with Crippen LogP contribution in [0.3, 0.4) is 0 Å². The number of nitriles is 1. The van der Waals surface area contributed by atoms with Gasteiger partial charge in [-0.2, -0.15) is 5.26 Å². The van der Waals surface area contributed by atoms with Crippen molar-refractivity contribution in [2.75, 3.05) is 10.6 Å². The van der Waals surface area contributed by atoms with E-state index in [1.807, 2.05) is 0 Å². The molecule has 0 aliphatic carbocycles. The summed E-state index contributed by atoms with van der Waals surface area (Å²) < 4.78 is 0. The van der Waals surface area contributed by atoms with Gasteiger partial charge in [-0.3, -0.25) is 4.79 Å². The van der Waals surface area contributed by atoms with E-state index in [2.05, 4.69) is 26.7 Å². The van der Waals surface area contributed by atoms with Crippen LogP contribution in [-0.4, -0.2) is 15.9 Å². The molecule has 1 aromatic heterocycles. The van der Waals surface area contributed by atoms with E-state index < -0.39 is 5.91 Å². The zero-order valence-electron chi connectivity index (χ0n) is 13.2. The number of carbonyl (C=O) groups is 1. The van der Waals surface area contributed by atoms with Crippen molar-refractivity contribution in [3.8, 4) is 6.07 Å². The zero-order chi connectivity index (χ0) is 18.5. The summed E-state index contributed by atoms with van der Waals surface area (Å²) in [4.78, 5) is 20.5. The molecular formula is C18H11Cl2N5O. The molecule has 8 heteroatoms. The van der Waals surface area contributed by atoms with Crippen molar-refractivity contribution in [2.45, 2.75) is 0 Å². The molecule has 2 aromatic carbocycles. The number of hydrogen-bond acceptors (Lipinski definition) is 5. The van der Waals surface area contributed by atoms with Crippen LogP contribution in [0.5, 0.6) is 0 Å². The molecule has 1 amide bonds. The summed E-state index contributed by atoms with van der Waals surface area (Å²) in [5, 5.41) is 15.4. The number of aromatic nitrogens is 2. The maximum absolute atomic E-state index is 12.4. The third-order valence-corrected chi connectivity index (χ3v) is 4.23. The minimum atomic E-state index is -0.465. The Kier molecular flexibility index (Phi) is 5.32. The smallest absolute Gasteiger partial charge is 0.274 e. The van der Waals surface area contributed by atoms with Gasteiger partial charge < -0.3 is 10.6 Å². The minimum Gasteiger partial charge on any atom is -0.339 e. The topological polar surface area (TPSA) is 90.7 Å². The molecule has 1 heterocycles. The second-order valence-corrected chi connectivity index (χ2v) is 5.91. The number of nitrogens with zero attached hydrogens (tertiary/aromatic N) is 3. The van der Waals surface area contributed by atoms with Crippen molar-refractivity contribution in [3.63, 3.8) is 0 Å². The van der Waals surface area contributed by atoms with Crippen LogP contribution in [-0.2, 0) is 0 Å². The normalized spacial score (nSPS) is 10.0. The Hall–Kier alpha value is -3.14. The molecule has 0 bridgehead atoms. The first-order valence-electron chi connectivity index (χ1n) is 7.42. The van der Waals surface area contributed by atoms with Gasteiger partial charge in [0.25, 0.3) is 5.91 Å². The molecule has 0 unspecified atom stereocenters. The summed E-state index contributed by atoms with van der Waals surface area (Å²) >= 11 is 12.0. The summed E-state index contributed by atoms with van der Waals surface area (Å²) in [7, 11) is 0. The van der Waals surface area contributed by atoms with E-state index in [0.29, 0.717) is 27.8 Å². The van der Waals surface area contributed by atoms with Crippen LogP contribution in [0.2, 0.25) is 10.0 Å². The van der Waals surface area contributed by atoms with E-state index in [1.54, 1.807) is 42.5 Å². The molecule has 0 saturated heterocycles. The SMILES string of the molecule is N#Cc1ccccc1Nc1cc(C(=O)Nc2cccc(Cl)c2Cl)ncn1. The molecular weight excluding hydrogens is 373 g/mol. The van der Waals surface area contributed by atoms with Crippen LogP contribution in [0.4, 0.5) is 17.2 Å². The number of nitrogens with one attached hydrogen (secondary N) is 2. The molecule has 0 saturated carbocycles. The van der Waals surface area contributed by atoms with E-state index in [1.165, 1.54) is 12.4 Å². The van der Waals surface area contributed by atoms with Gasteiger partial charge in [0.1, 0.15) is 23.9 Å². The van der Waals surface area contributed by atoms with E-state index in [9.17, 15) is 4.79 Å². The predicted molar refractivity (Wildman–Crippen MR) is 101 cm³/mol. The number of anilines is 3. The van der Waals surface area contributed by atoms with Crippen LogP contribution in [0.25, 0.3) is 0 Å². The van der Waals surface area contributed by atoms with E-state index in [-0.39, 0.29) is 10.7 Å². The van der Waals surface area contributed by atoms with Crippen molar-refractivity contribution in [2.24, 2.45) is 0 Å². The van der Waals surface area contributed by atoms with Crippen molar-refractivity contribution in [1.29, 1.82) is 5.26 Å². The first-order chi connectivity index (χ1) is 12.6. The van der Waals surface area contributed by atoms with Gasteiger partial charge in [-0.15, -0.1) is 0 Å². The van der Waals surface area contributed by atoms with E-state index in [0.717, 1.165) is 0 Å². The third kappa shape index (κ3) is 3.91. The molecule has 26 heavy (non-hydrogen) atoms. The number of hydrogen-bond donors (Lipinski definition) is 2. The quantitative estimate of drug-likeness (QED) is 0.683. The van der Waals surface area contributed by atoms with E-state index in [4.69, 9.17) is 28.5 Å². The molecule has 0 fully saturated rings. The monoisotopic (exact) mass is 383 g/mol. The van der Waals surface area contributed by atoms with Crippen LogP contribution in [0.15, 0.2) is 54.9 Å². The van der Waals surface area contributed by atoms with Crippen LogP contribution in [0, 0.1) is 11.3 Å². The first-order valence-corrected chi connectivity index (χ1v) is 8.17. The molecule has 3 rings (SSSR count). The van der Waals surface area contributed by atoms with Gasteiger partial charge in [0.05, 0.1) is 27.0 Å². The van der Waals surface area contributed by atoms with Crippen molar-refractivity contribution in [3.05, 3.63) is 76.2 Å². The fourth-order valence-electron chi connectivity index (χ4n) is 2.16. The van der Waals surface area contributed by atoms with Gasteiger partial charge in [0.2, 0.25) is 0 Å². The van der Waals surface area contributed by atoms with Gasteiger partial charge in [0.15, 0.2) is 0 Å². The molecule has 0 radical (unpaired) electrons. The van der Waals surface area contributed by atoms with Crippen LogP contribution >= 0.6 is 23.2 Å². The van der Waals surface area contributed by atoms with Crippen molar-refractivity contribution < 1.29 is 4.79 Å². The molecule has 6 nitrogen and oxygen atoms in total. The lowest BCUT2D eigenvalue weighted by atomic mass is 10.2. The largest absolute Gasteiger partial charge is 0.339 e. The Bertz CT molecular complexity index is 1020. The lowest BCUT2D eigenvalue weighted by Crippen LogP contribution is -2.14. The van der Waals surface area contributed by atoms with Gasteiger partial charge in [-0.1, -0.05) is 41.4 Å². The summed E-state index contributed by atoms with van der Waals surface area (Å²) in [5.74, 6) is -0.0850. The van der Waals surface area contributed by atoms with Gasteiger partial charge in [-0.25, -0.2) is 9.97 Å². The summed E-state index contributed by atoms with van der Waals surface area (Å²) in [5.41, 5.74) is 1.56. The number of amides is 1. The molecule has 0 atom stereocenters. The van der Waals surface area contributed by atoms with Crippen LogP contribution < -0.4 is 10.6 Å². The average molecular weight is 384 g/mol. The number of benzene rings is 2. The highest BCUT2D eigenvalue weighted by Gasteiger charge is 2.13. The standard InChI is InChI=1S/C18H11Cl2N5O/c19-12-5-3-7-14(17(12)20)25-18(26)15-8-16(23-10-22-15)24-13-6-2-1-4-11(13)9-21/h1-8,10H,(H,25,26)(H,22,23,24).